The first-order valence-corrected chi connectivity index (χ1v) is 10.5. The molecule has 0 saturated heterocycles. The van der Waals surface area contributed by atoms with Crippen LogP contribution in [0.2, 0.25) is 0 Å². The van der Waals surface area contributed by atoms with E-state index in [0.29, 0.717) is 16.3 Å². The van der Waals surface area contributed by atoms with Crippen LogP contribution in [0, 0.1) is 0 Å². The zero-order valence-electron chi connectivity index (χ0n) is 15.1. The molecule has 0 aliphatic rings. The molecule has 1 amide bonds. The summed E-state index contributed by atoms with van der Waals surface area (Å²) in [5, 5.41) is 21.7. The topological polar surface area (TPSA) is 60.8 Å². The summed E-state index contributed by atoms with van der Waals surface area (Å²) in [4.78, 5) is 15.6. The summed E-state index contributed by atoms with van der Waals surface area (Å²) in [7, 11) is 0. The lowest BCUT2D eigenvalue weighted by atomic mass is 10.0. The van der Waals surface area contributed by atoms with Gasteiger partial charge in [-0.3, -0.25) is 9.69 Å². The van der Waals surface area contributed by atoms with E-state index >= 15 is 0 Å². The zero-order valence-corrected chi connectivity index (χ0v) is 17.5. The molecule has 0 spiro atoms. The van der Waals surface area contributed by atoms with E-state index in [-0.39, 0.29) is 17.4 Å². The van der Waals surface area contributed by atoms with Crippen molar-refractivity contribution in [1.29, 1.82) is 0 Å². The Labute approximate surface area is 180 Å². The summed E-state index contributed by atoms with van der Waals surface area (Å²) in [6.45, 7) is 0. The third-order valence-corrected chi connectivity index (χ3v) is 5.81. The van der Waals surface area contributed by atoms with Gasteiger partial charge in [-0.15, -0.1) is 11.3 Å². The molecule has 0 aliphatic carbocycles. The number of carbonyl (C=O) groups is 1. The number of phenolic OH excluding ortho intramolecular Hbond substituents is 2. The van der Waals surface area contributed by atoms with E-state index in [0.717, 1.165) is 15.6 Å². The lowest BCUT2D eigenvalue weighted by Gasteiger charge is -2.25. The molecule has 6 heteroatoms. The van der Waals surface area contributed by atoms with Crippen molar-refractivity contribution in [1.82, 2.24) is 0 Å². The number of thiophene rings is 1. The number of carbonyl (C=O) groups excluding carboxylic acids is 1. The van der Waals surface area contributed by atoms with Gasteiger partial charge in [0.2, 0.25) is 0 Å². The van der Waals surface area contributed by atoms with Crippen molar-refractivity contribution in [3.05, 3.63) is 93.6 Å². The quantitative estimate of drug-likeness (QED) is 0.358. The van der Waals surface area contributed by atoms with Gasteiger partial charge in [-0.25, -0.2) is 0 Å². The van der Waals surface area contributed by atoms with Gasteiger partial charge in [0.1, 0.15) is 11.5 Å². The van der Waals surface area contributed by atoms with E-state index in [1.54, 1.807) is 53.4 Å². The summed E-state index contributed by atoms with van der Waals surface area (Å²) in [5.41, 5.74) is 2.83. The minimum absolute atomic E-state index is 0.112. The molecule has 0 saturated carbocycles. The summed E-state index contributed by atoms with van der Waals surface area (Å²) in [6, 6.07) is 22.7. The number of nitrogens with zero attached hydrogens (tertiary/aromatic N) is 1. The number of anilines is 2. The third kappa shape index (κ3) is 4.04. The van der Waals surface area contributed by atoms with Crippen LogP contribution in [0.5, 0.6) is 11.5 Å². The van der Waals surface area contributed by atoms with Crippen molar-refractivity contribution in [2.24, 2.45) is 0 Å². The van der Waals surface area contributed by atoms with Crippen LogP contribution in [-0.4, -0.2) is 16.1 Å². The first kappa shape index (κ1) is 19.2. The average molecular weight is 466 g/mol. The molecule has 29 heavy (non-hydrogen) atoms. The minimum atomic E-state index is -0.185. The molecule has 1 aromatic heterocycles. The molecule has 144 valence electrons. The van der Waals surface area contributed by atoms with Crippen LogP contribution in [0.4, 0.5) is 11.4 Å². The van der Waals surface area contributed by atoms with E-state index in [1.165, 1.54) is 11.3 Å². The predicted molar refractivity (Wildman–Crippen MR) is 120 cm³/mol. The average Bonchev–Trinajstić information content (AvgIpc) is 3.26. The molecule has 0 atom stereocenters. The highest BCUT2D eigenvalue weighted by Gasteiger charge is 2.24. The Hall–Kier alpha value is -3.09. The Kier molecular flexibility index (Phi) is 5.38. The van der Waals surface area contributed by atoms with E-state index < -0.39 is 0 Å². The molecule has 1 heterocycles. The SMILES string of the molecule is O=C(c1cccs1)N(c1ccc(O)cc1)c1ccc(O)cc1-c1ccc(Br)cc1. The lowest BCUT2D eigenvalue weighted by Crippen LogP contribution is -2.25. The van der Waals surface area contributed by atoms with Crippen LogP contribution in [-0.2, 0) is 0 Å². The standard InChI is InChI=1S/C23H16BrNO3S/c24-16-5-3-15(4-6-16)20-14-19(27)11-12-21(20)25(17-7-9-18(26)10-8-17)23(28)22-2-1-13-29-22/h1-14,26-27H. The maximum atomic E-state index is 13.4. The molecule has 0 unspecified atom stereocenters. The highest BCUT2D eigenvalue weighted by molar-refractivity contribution is 9.10. The largest absolute Gasteiger partial charge is 0.508 e. The first-order chi connectivity index (χ1) is 14.0. The molecule has 0 bridgehead atoms. The van der Waals surface area contributed by atoms with Gasteiger partial charge in [0.05, 0.1) is 10.6 Å². The van der Waals surface area contributed by atoms with Gasteiger partial charge in [-0.2, -0.15) is 0 Å². The molecule has 3 aromatic carbocycles. The highest BCUT2D eigenvalue weighted by atomic mass is 79.9. The Morgan fingerprint density at radius 3 is 2.21 bits per heavy atom. The molecule has 4 aromatic rings. The third-order valence-electron chi connectivity index (χ3n) is 4.42. The number of halogens is 1. The van der Waals surface area contributed by atoms with Gasteiger partial charge in [0, 0.05) is 15.7 Å². The summed E-state index contributed by atoms with van der Waals surface area (Å²) < 4.78 is 0.938. The Morgan fingerprint density at radius 2 is 1.55 bits per heavy atom. The lowest BCUT2D eigenvalue weighted by molar-refractivity contribution is 0.100. The maximum Gasteiger partial charge on any atom is 0.272 e. The van der Waals surface area contributed by atoms with Crippen molar-refractivity contribution >= 4 is 44.5 Å². The number of amides is 1. The molecular formula is C23H16BrNO3S. The van der Waals surface area contributed by atoms with Crippen LogP contribution in [0.15, 0.2) is 88.7 Å². The summed E-state index contributed by atoms with van der Waals surface area (Å²) in [5.74, 6) is 0.0479. The fraction of sp³-hybridized carbons (Fsp3) is 0. The maximum absolute atomic E-state index is 13.4. The van der Waals surface area contributed by atoms with Gasteiger partial charge in [-0.05, 0) is 71.6 Å². The van der Waals surface area contributed by atoms with Gasteiger partial charge in [0.15, 0.2) is 0 Å². The van der Waals surface area contributed by atoms with Gasteiger partial charge in [0.25, 0.3) is 5.91 Å². The highest BCUT2D eigenvalue weighted by Crippen LogP contribution is 2.39. The van der Waals surface area contributed by atoms with Crippen LogP contribution >= 0.6 is 27.3 Å². The molecule has 4 rings (SSSR count). The van der Waals surface area contributed by atoms with Crippen molar-refractivity contribution in [2.75, 3.05) is 4.90 Å². The summed E-state index contributed by atoms with van der Waals surface area (Å²) >= 11 is 4.80. The van der Waals surface area contributed by atoms with Gasteiger partial charge >= 0.3 is 0 Å². The molecule has 4 nitrogen and oxygen atoms in total. The van der Waals surface area contributed by atoms with Crippen LogP contribution in [0.1, 0.15) is 9.67 Å². The monoisotopic (exact) mass is 465 g/mol. The predicted octanol–water partition coefficient (Wildman–Crippen LogP) is 6.57. The Morgan fingerprint density at radius 1 is 0.862 bits per heavy atom. The fourth-order valence-electron chi connectivity index (χ4n) is 3.06. The number of phenols is 2. The molecule has 0 fully saturated rings. The van der Waals surface area contributed by atoms with E-state index in [1.807, 2.05) is 35.7 Å². The molecule has 0 aliphatic heterocycles. The normalized spacial score (nSPS) is 10.7. The van der Waals surface area contributed by atoms with Crippen molar-refractivity contribution in [3.63, 3.8) is 0 Å². The second kappa shape index (κ2) is 8.11. The summed E-state index contributed by atoms with van der Waals surface area (Å²) in [6.07, 6.45) is 0. The Bertz CT molecular complexity index is 1140. The van der Waals surface area contributed by atoms with Crippen LogP contribution in [0.3, 0.4) is 0 Å². The van der Waals surface area contributed by atoms with E-state index in [4.69, 9.17) is 0 Å². The van der Waals surface area contributed by atoms with Crippen molar-refractivity contribution < 1.29 is 15.0 Å². The van der Waals surface area contributed by atoms with Gasteiger partial charge < -0.3 is 10.2 Å². The number of benzene rings is 3. The smallest absolute Gasteiger partial charge is 0.272 e. The first-order valence-electron chi connectivity index (χ1n) is 8.79. The zero-order chi connectivity index (χ0) is 20.4. The molecular weight excluding hydrogens is 450 g/mol. The van der Waals surface area contributed by atoms with Gasteiger partial charge in [-0.1, -0.05) is 34.1 Å². The minimum Gasteiger partial charge on any atom is -0.508 e. The number of hydrogen-bond donors (Lipinski definition) is 2. The van der Waals surface area contributed by atoms with Crippen molar-refractivity contribution in [2.45, 2.75) is 0 Å². The Balaban J connectivity index is 1.92. The van der Waals surface area contributed by atoms with E-state index in [9.17, 15) is 15.0 Å². The van der Waals surface area contributed by atoms with E-state index in [2.05, 4.69) is 15.9 Å². The number of rotatable bonds is 4. The molecule has 2 N–H and O–H groups in total. The van der Waals surface area contributed by atoms with Crippen LogP contribution in [0.25, 0.3) is 11.1 Å². The fourth-order valence-corrected chi connectivity index (χ4v) is 3.97. The van der Waals surface area contributed by atoms with Crippen LogP contribution < -0.4 is 4.90 Å². The molecule has 0 radical (unpaired) electrons. The van der Waals surface area contributed by atoms with Crippen molar-refractivity contribution in [3.8, 4) is 22.6 Å². The second-order valence-electron chi connectivity index (χ2n) is 6.34. The second-order valence-corrected chi connectivity index (χ2v) is 8.21. The number of aromatic hydroxyl groups is 2. The number of hydrogen-bond acceptors (Lipinski definition) is 4.